The molecule has 0 spiro atoms. The van der Waals surface area contributed by atoms with E-state index in [1.54, 1.807) is 13.3 Å². The maximum absolute atomic E-state index is 12.3. The van der Waals surface area contributed by atoms with Gasteiger partial charge in [0, 0.05) is 39.1 Å². The molecule has 2 rings (SSSR count). The van der Waals surface area contributed by atoms with Crippen molar-refractivity contribution in [3.63, 3.8) is 0 Å². The van der Waals surface area contributed by atoms with Crippen LogP contribution >= 0.6 is 0 Å². The SMILES string of the molecule is COC[C@H](C)C(=O)N1CCN(C)[C@@H](c2ncc[nH]2)C1. The molecule has 0 saturated carbocycles. The number of ether oxygens (including phenoxy) is 1. The number of H-pyrrole nitrogens is 1. The molecule has 0 aliphatic carbocycles. The smallest absolute Gasteiger partial charge is 0.227 e. The van der Waals surface area contributed by atoms with Gasteiger partial charge in [-0.3, -0.25) is 9.69 Å². The standard InChI is InChI=1S/C13H22N4O2/c1-10(9-19-3)13(18)17-7-6-16(2)11(8-17)12-14-4-5-15-12/h4-5,10-11H,6-9H2,1-3H3,(H,14,15)/t10-,11+/m0/s1. The van der Waals surface area contributed by atoms with Crippen LogP contribution in [-0.2, 0) is 9.53 Å². The van der Waals surface area contributed by atoms with Gasteiger partial charge in [0.15, 0.2) is 0 Å². The third-order valence-electron chi connectivity index (χ3n) is 3.63. The van der Waals surface area contributed by atoms with Gasteiger partial charge in [-0.05, 0) is 7.05 Å². The number of hydrogen-bond acceptors (Lipinski definition) is 4. The number of carbonyl (C=O) groups excluding carboxylic acids is 1. The van der Waals surface area contributed by atoms with Crippen molar-refractivity contribution in [3.8, 4) is 0 Å². The lowest BCUT2D eigenvalue weighted by molar-refractivity contribution is -0.139. The summed E-state index contributed by atoms with van der Waals surface area (Å²) in [6.07, 6.45) is 3.56. The summed E-state index contributed by atoms with van der Waals surface area (Å²) in [5, 5.41) is 0. The molecular formula is C13H22N4O2. The number of carbonyl (C=O) groups is 1. The number of piperazine rings is 1. The third-order valence-corrected chi connectivity index (χ3v) is 3.63. The molecule has 1 aliphatic heterocycles. The average molecular weight is 266 g/mol. The van der Waals surface area contributed by atoms with Crippen LogP contribution < -0.4 is 0 Å². The van der Waals surface area contributed by atoms with Crippen molar-refractivity contribution in [3.05, 3.63) is 18.2 Å². The third kappa shape index (κ3) is 3.13. The van der Waals surface area contributed by atoms with Crippen LogP contribution in [-0.4, -0.2) is 66.1 Å². The van der Waals surface area contributed by atoms with Crippen LogP contribution in [0.3, 0.4) is 0 Å². The molecule has 1 fully saturated rings. The molecule has 1 amide bonds. The molecule has 0 radical (unpaired) electrons. The Morgan fingerprint density at radius 2 is 2.42 bits per heavy atom. The predicted octanol–water partition coefficient (Wildman–Crippen LogP) is 0.507. The maximum atomic E-state index is 12.3. The molecule has 2 heterocycles. The molecule has 1 aromatic rings. The summed E-state index contributed by atoms with van der Waals surface area (Å²) in [6, 6.07) is 0.141. The summed E-state index contributed by atoms with van der Waals surface area (Å²) >= 11 is 0. The Kier molecular flexibility index (Phi) is 4.55. The van der Waals surface area contributed by atoms with Crippen molar-refractivity contribution < 1.29 is 9.53 Å². The van der Waals surface area contributed by atoms with Gasteiger partial charge in [0.2, 0.25) is 5.91 Å². The lowest BCUT2D eigenvalue weighted by Crippen LogP contribution is -2.51. The lowest BCUT2D eigenvalue weighted by atomic mass is 10.1. The molecule has 0 bridgehead atoms. The second-order valence-corrected chi connectivity index (χ2v) is 5.11. The van der Waals surface area contributed by atoms with E-state index in [0.29, 0.717) is 13.2 Å². The van der Waals surface area contributed by atoms with Gasteiger partial charge >= 0.3 is 0 Å². The summed E-state index contributed by atoms with van der Waals surface area (Å²) in [6.45, 7) is 4.68. The quantitative estimate of drug-likeness (QED) is 0.862. The van der Waals surface area contributed by atoms with E-state index in [-0.39, 0.29) is 17.9 Å². The van der Waals surface area contributed by atoms with E-state index in [4.69, 9.17) is 4.74 Å². The first-order chi connectivity index (χ1) is 9.13. The molecule has 0 aromatic carbocycles. The largest absolute Gasteiger partial charge is 0.384 e. The highest BCUT2D eigenvalue weighted by Crippen LogP contribution is 2.22. The van der Waals surface area contributed by atoms with Gasteiger partial charge in [-0.15, -0.1) is 0 Å². The maximum Gasteiger partial charge on any atom is 0.227 e. The van der Waals surface area contributed by atoms with Crippen LogP contribution in [0.1, 0.15) is 18.8 Å². The molecule has 2 atom stereocenters. The number of amides is 1. The van der Waals surface area contributed by atoms with Crippen LogP contribution in [0, 0.1) is 5.92 Å². The van der Waals surface area contributed by atoms with Crippen molar-refractivity contribution in [2.24, 2.45) is 5.92 Å². The molecule has 106 valence electrons. The highest BCUT2D eigenvalue weighted by molar-refractivity contribution is 5.78. The first-order valence-corrected chi connectivity index (χ1v) is 6.60. The van der Waals surface area contributed by atoms with Crippen molar-refractivity contribution in [1.82, 2.24) is 19.8 Å². The molecule has 1 N–H and O–H groups in total. The first-order valence-electron chi connectivity index (χ1n) is 6.60. The van der Waals surface area contributed by atoms with E-state index in [2.05, 4.69) is 21.9 Å². The highest BCUT2D eigenvalue weighted by Gasteiger charge is 2.31. The molecule has 19 heavy (non-hydrogen) atoms. The molecule has 1 saturated heterocycles. The Labute approximate surface area is 113 Å². The summed E-state index contributed by atoms with van der Waals surface area (Å²) in [5.41, 5.74) is 0. The molecule has 0 unspecified atom stereocenters. The average Bonchev–Trinajstić information content (AvgIpc) is 2.92. The summed E-state index contributed by atoms with van der Waals surface area (Å²) in [7, 11) is 3.69. The second-order valence-electron chi connectivity index (χ2n) is 5.11. The number of likely N-dealkylation sites (N-methyl/N-ethyl adjacent to an activating group) is 1. The monoisotopic (exact) mass is 266 g/mol. The topological polar surface area (TPSA) is 61.5 Å². The van der Waals surface area contributed by atoms with Gasteiger partial charge in [-0.1, -0.05) is 6.92 Å². The van der Waals surface area contributed by atoms with Crippen LogP contribution in [0.2, 0.25) is 0 Å². The minimum Gasteiger partial charge on any atom is -0.384 e. The van der Waals surface area contributed by atoms with Gasteiger partial charge in [0.25, 0.3) is 0 Å². The van der Waals surface area contributed by atoms with Crippen LogP contribution in [0.4, 0.5) is 0 Å². The molecular weight excluding hydrogens is 244 g/mol. The normalized spacial score (nSPS) is 22.5. The van der Waals surface area contributed by atoms with E-state index < -0.39 is 0 Å². The predicted molar refractivity (Wildman–Crippen MR) is 71.6 cm³/mol. The molecule has 1 aliphatic rings. The Morgan fingerprint density at radius 1 is 1.63 bits per heavy atom. The Balaban J connectivity index is 2.03. The Morgan fingerprint density at radius 3 is 3.05 bits per heavy atom. The molecule has 1 aromatic heterocycles. The summed E-state index contributed by atoms with van der Waals surface area (Å²) in [5.74, 6) is 0.983. The van der Waals surface area contributed by atoms with Gasteiger partial charge in [0.1, 0.15) is 5.82 Å². The number of nitrogens with one attached hydrogen (secondary N) is 1. The number of aromatic amines is 1. The number of nitrogens with zero attached hydrogens (tertiary/aromatic N) is 3. The number of imidazole rings is 1. The van der Waals surface area contributed by atoms with Crippen LogP contribution in [0.5, 0.6) is 0 Å². The van der Waals surface area contributed by atoms with Crippen LogP contribution in [0.15, 0.2) is 12.4 Å². The minimum absolute atomic E-state index is 0.0920. The fraction of sp³-hybridized carbons (Fsp3) is 0.692. The Bertz CT molecular complexity index is 407. The van der Waals surface area contributed by atoms with Gasteiger partial charge in [-0.2, -0.15) is 0 Å². The van der Waals surface area contributed by atoms with Crippen molar-refractivity contribution in [2.45, 2.75) is 13.0 Å². The Hall–Kier alpha value is -1.40. The second kappa shape index (κ2) is 6.16. The molecule has 6 heteroatoms. The zero-order valence-corrected chi connectivity index (χ0v) is 11.8. The van der Waals surface area contributed by atoms with Crippen molar-refractivity contribution in [1.29, 1.82) is 0 Å². The number of methoxy groups -OCH3 is 1. The van der Waals surface area contributed by atoms with Crippen molar-refractivity contribution in [2.75, 3.05) is 40.4 Å². The zero-order chi connectivity index (χ0) is 13.8. The van der Waals surface area contributed by atoms with E-state index >= 15 is 0 Å². The number of rotatable bonds is 4. The summed E-state index contributed by atoms with van der Waals surface area (Å²) < 4.78 is 5.06. The number of aromatic nitrogens is 2. The van der Waals surface area contributed by atoms with E-state index in [9.17, 15) is 4.79 Å². The highest BCUT2D eigenvalue weighted by atomic mass is 16.5. The first kappa shape index (κ1) is 14.0. The zero-order valence-electron chi connectivity index (χ0n) is 11.8. The fourth-order valence-electron chi connectivity index (χ4n) is 2.46. The van der Waals surface area contributed by atoms with E-state index in [1.165, 1.54) is 0 Å². The minimum atomic E-state index is -0.0920. The van der Waals surface area contributed by atoms with E-state index in [0.717, 1.165) is 18.9 Å². The lowest BCUT2D eigenvalue weighted by Gasteiger charge is -2.39. The molecule has 6 nitrogen and oxygen atoms in total. The van der Waals surface area contributed by atoms with Crippen molar-refractivity contribution >= 4 is 5.91 Å². The number of hydrogen-bond donors (Lipinski definition) is 1. The van der Waals surface area contributed by atoms with Crippen LogP contribution in [0.25, 0.3) is 0 Å². The van der Waals surface area contributed by atoms with Gasteiger partial charge in [0.05, 0.1) is 18.6 Å². The van der Waals surface area contributed by atoms with Gasteiger partial charge in [-0.25, -0.2) is 4.98 Å². The van der Waals surface area contributed by atoms with E-state index in [1.807, 2.05) is 18.0 Å². The van der Waals surface area contributed by atoms with Gasteiger partial charge < -0.3 is 14.6 Å². The summed E-state index contributed by atoms with van der Waals surface area (Å²) in [4.78, 5) is 23.9. The fourth-order valence-corrected chi connectivity index (χ4v) is 2.46.